The first kappa shape index (κ1) is 17.2. The van der Waals surface area contributed by atoms with Crippen molar-refractivity contribution in [1.82, 2.24) is 9.97 Å². The zero-order chi connectivity index (χ0) is 19.0. The number of hydrogen-bond donors (Lipinski definition) is 1. The monoisotopic (exact) mass is 364 g/mol. The zero-order valence-corrected chi connectivity index (χ0v) is 15.0. The Balaban J connectivity index is 1.75. The molecule has 0 saturated carbocycles. The van der Waals surface area contributed by atoms with Gasteiger partial charge in [0, 0.05) is 6.07 Å². The normalized spacial score (nSPS) is 11.1. The molecule has 0 atom stereocenters. The number of aromatic amines is 1. The topological polar surface area (TPSA) is 37.9 Å². The van der Waals surface area contributed by atoms with Crippen molar-refractivity contribution in [2.75, 3.05) is 0 Å². The Labute approximate surface area is 155 Å². The summed E-state index contributed by atoms with van der Waals surface area (Å²) in [4.78, 5) is 7.40. The molecule has 27 heavy (non-hydrogen) atoms. The molecule has 0 fully saturated rings. The molecule has 3 nitrogen and oxygen atoms in total. The quantitative estimate of drug-likeness (QED) is 0.504. The molecule has 0 saturated heterocycles. The van der Waals surface area contributed by atoms with Crippen LogP contribution in [0.2, 0.25) is 0 Å². The number of aryl methyl sites for hydroxylation is 1. The first-order valence-electron chi connectivity index (χ1n) is 8.65. The number of fused-ring (bicyclic) bond motifs is 1. The van der Waals surface area contributed by atoms with Crippen LogP contribution in [0.15, 0.2) is 54.6 Å². The number of rotatable bonds is 4. The van der Waals surface area contributed by atoms with E-state index in [0.29, 0.717) is 22.4 Å². The molecule has 4 aromatic rings. The minimum absolute atomic E-state index is 0.209. The maximum atomic E-state index is 15.3. The molecule has 0 bridgehead atoms. The van der Waals surface area contributed by atoms with Gasteiger partial charge in [-0.05, 0) is 48.7 Å². The lowest BCUT2D eigenvalue weighted by molar-refractivity contribution is 0.288. The number of ether oxygens (including phenoxy) is 1. The predicted molar refractivity (Wildman–Crippen MR) is 102 cm³/mol. The van der Waals surface area contributed by atoms with E-state index in [1.165, 1.54) is 12.1 Å². The molecule has 1 N–H and O–H groups in total. The van der Waals surface area contributed by atoms with Gasteiger partial charge >= 0.3 is 0 Å². The average Bonchev–Trinajstić information content (AvgIpc) is 3.08. The molecule has 0 amide bonds. The number of aromatic nitrogens is 2. The highest BCUT2D eigenvalue weighted by Gasteiger charge is 2.19. The molecule has 0 spiro atoms. The van der Waals surface area contributed by atoms with Crippen LogP contribution in [0, 0.1) is 25.5 Å². The van der Waals surface area contributed by atoms with Crippen LogP contribution in [-0.2, 0) is 6.61 Å². The van der Waals surface area contributed by atoms with Gasteiger partial charge in [-0.1, -0.05) is 30.3 Å². The summed E-state index contributed by atoms with van der Waals surface area (Å²) in [5, 5.41) is 0. The van der Waals surface area contributed by atoms with E-state index < -0.39 is 5.82 Å². The zero-order valence-electron chi connectivity index (χ0n) is 15.0. The molecule has 0 aliphatic heterocycles. The van der Waals surface area contributed by atoms with Crippen molar-refractivity contribution in [3.05, 3.63) is 82.9 Å². The molecule has 4 rings (SSSR count). The first-order chi connectivity index (χ1) is 13.0. The fourth-order valence-corrected chi connectivity index (χ4v) is 3.03. The molecule has 136 valence electrons. The van der Waals surface area contributed by atoms with E-state index >= 15 is 4.39 Å². The predicted octanol–water partition coefficient (Wildman–Crippen LogP) is 5.70. The Morgan fingerprint density at radius 3 is 2.56 bits per heavy atom. The van der Waals surface area contributed by atoms with Gasteiger partial charge in [-0.15, -0.1) is 0 Å². The number of nitrogens with zero attached hydrogens (tertiary/aromatic N) is 1. The van der Waals surface area contributed by atoms with Crippen molar-refractivity contribution in [2.24, 2.45) is 0 Å². The van der Waals surface area contributed by atoms with Crippen LogP contribution in [0.4, 0.5) is 8.78 Å². The van der Waals surface area contributed by atoms with Crippen LogP contribution >= 0.6 is 0 Å². The number of imidazole rings is 1. The molecular formula is C22H18F2N2O. The van der Waals surface area contributed by atoms with Crippen molar-refractivity contribution < 1.29 is 13.5 Å². The largest absolute Gasteiger partial charge is 0.486 e. The third-order valence-corrected chi connectivity index (χ3v) is 4.65. The molecule has 0 unspecified atom stereocenters. The highest BCUT2D eigenvalue weighted by molar-refractivity contribution is 5.80. The summed E-state index contributed by atoms with van der Waals surface area (Å²) in [6.07, 6.45) is 0. The van der Waals surface area contributed by atoms with Crippen molar-refractivity contribution in [2.45, 2.75) is 20.5 Å². The number of nitrogens with one attached hydrogen (secondary N) is 1. The van der Waals surface area contributed by atoms with Gasteiger partial charge in [0.25, 0.3) is 0 Å². The number of benzene rings is 3. The molecule has 3 aromatic carbocycles. The molecule has 0 radical (unpaired) electrons. The summed E-state index contributed by atoms with van der Waals surface area (Å²) in [6.45, 7) is 4.00. The molecular weight excluding hydrogens is 346 g/mol. The van der Waals surface area contributed by atoms with E-state index in [0.717, 1.165) is 16.7 Å². The Morgan fingerprint density at radius 2 is 1.78 bits per heavy atom. The van der Waals surface area contributed by atoms with Crippen molar-refractivity contribution >= 4 is 11.0 Å². The van der Waals surface area contributed by atoms with Crippen molar-refractivity contribution in [3.8, 4) is 17.1 Å². The van der Waals surface area contributed by atoms with E-state index in [9.17, 15) is 4.39 Å². The first-order valence-corrected chi connectivity index (χ1v) is 8.65. The highest BCUT2D eigenvalue weighted by Crippen LogP contribution is 2.34. The maximum absolute atomic E-state index is 15.3. The van der Waals surface area contributed by atoms with Gasteiger partial charge in [0.15, 0.2) is 11.6 Å². The van der Waals surface area contributed by atoms with Gasteiger partial charge in [0.1, 0.15) is 18.2 Å². The summed E-state index contributed by atoms with van der Waals surface area (Å²) in [6, 6.07) is 15.6. The molecule has 5 heteroatoms. The van der Waals surface area contributed by atoms with Crippen LogP contribution in [0.5, 0.6) is 5.75 Å². The van der Waals surface area contributed by atoms with Crippen LogP contribution in [0.3, 0.4) is 0 Å². The minimum atomic E-state index is -0.478. The fraction of sp³-hybridized carbons (Fsp3) is 0.136. The number of H-pyrrole nitrogens is 1. The maximum Gasteiger partial charge on any atom is 0.176 e. The van der Waals surface area contributed by atoms with Crippen LogP contribution in [-0.4, -0.2) is 9.97 Å². The van der Waals surface area contributed by atoms with E-state index in [1.807, 2.05) is 44.2 Å². The highest BCUT2D eigenvalue weighted by atomic mass is 19.1. The van der Waals surface area contributed by atoms with Gasteiger partial charge in [0.05, 0.1) is 16.6 Å². The van der Waals surface area contributed by atoms with Crippen LogP contribution < -0.4 is 4.74 Å². The second-order valence-electron chi connectivity index (χ2n) is 6.53. The molecule has 0 aliphatic carbocycles. The second kappa shape index (κ2) is 6.83. The minimum Gasteiger partial charge on any atom is -0.486 e. The third kappa shape index (κ3) is 3.28. The Hall–Kier alpha value is -3.21. The lowest BCUT2D eigenvalue weighted by Gasteiger charge is -2.15. The van der Waals surface area contributed by atoms with Gasteiger partial charge in [0.2, 0.25) is 0 Å². The van der Waals surface area contributed by atoms with E-state index in [1.54, 1.807) is 12.1 Å². The molecule has 1 heterocycles. The Kier molecular flexibility index (Phi) is 4.36. The van der Waals surface area contributed by atoms with Crippen LogP contribution in [0.25, 0.3) is 22.4 Å². The molecule has 1 aromatic heterocycles. The summed E-state index contributed by atoms with van der Waals surface area (Å²) in [7, 11) is 0. The Bertz CT molecular complexity index is 1120. The van der Waals surface area contributed by atoms with Crippen molar-refractivity contribution in [1.29, 1.82) is 0 Å². The van der Waals surface area contributed by atoms with Gasteiger partial charge in [-0.3, -0.25) is 0 Å². The summed E-state index contributed by atoms with van der Waals surface area (Å²) >= 11 is 0. The lowest BCUT2D eigenvalue weighted by atomic mass is 10.0. The number of halogens is 2. The van der Waals surface area contributed by atoms with E-state index in [-0.39, 0.29) is 18.2 Å². The summed E-state index contributed by atoms with van der Waals surface area (Å²) in [5.41, 5.74) is 4.00. The lowest BCUT2D eigenvalue weighted by Crippen LogP contribution is -2.02. The van der Waals surface area contributed by atoms with E-state index in [2.05, 4.69) is 9.97 Å². The smallest absolute Gasteiger partial charge is 0.176 e. The van der Waals surface area contributed by atoms with Gasteiger partial charge in [-0.2, -0.15) is 0 Å². The SMILES string of the molecule is Cc1cc(-c2nc3cc(F)ccc3[nH]2)c(F)c(OCc2ccccc2)c1C. The van der Waals surface area contributed by atoms with Gasteiger partial charge in [-0.25, -0.2) is 13.8 Å². The van der Waals surface area contributed by atoms with Crippen molar-refractivity contribution in [3.63, 3.8) is 0 Å². The fourth-order valence-electron chi connectivity index (χ4n) is 3.03. The second-order valence-corrected chi connectivity index (χ2v) is 6.53. The average molecular weight is 364 g/mol. The van der Waals surface area contributed by atoms with Gasteiger partial charge < -0.3 is 9.72 Å². The standard InChI is InChI=1S/C22H18F2N2O/c1-13-10-17(22-25-18-9-8-16(23)11-19(18)26-22)20(24)21(14(13)2)27-12-15-6-4-3-5-7-15/h3-11H,12H2,1-2H3,(H,25,26). The molecule has 0 aliphatic rings. The van der Waals surface area contributed by atoms with Crippen LogP contribution in [0.1, 0.15) is 16.7 Å². The van der Waals surface area contributed by atoms with E-state index in [4.69, 9.17) is 4.74 Å². The summed E-state index contributed by atoms with van der Waals surface area (Å²) < 4.78 is 34.5. The summed E-state index contributed by atoms with van der Waals surface area (Å²) in [5.74, 6) is -0.303. The third-order valence-electron chi connectivity index (χ3n) is 4.65. The number of hydrogen-bond acceptors (Lipinski definition) is 2. The Morgan fingerprint density at radius 1 is 1.00 bits per heavy atom.